The van der Waals surface area contributed by atoms with Crippen LogP contribution in [0.5, 0.6) is 11.5 Å². The highest BCUT2D eigenvalue weighted by molar-refractivity contribution is 5.89. The van der Waals surface area contributed by atoms with Gasteiger partial charge in [0, 0.05) is 35.1 Å². The number of aliphatic hydroxyl groups is 1. The van der Waals surface area contributed by atoms with Crippen LogP contribution < -0.4 is 9.47 Å². The van der Waals surface area contributed by atoms with Crippen LogP contribution in [-0.2, 0) is 19.1 Å². The molecule has 1 aromatic heterocycles. The van der Waals surface area contributed by atoms with Crippen LogP contribution in [0.25, 0.3) is 10.9 Å². The van der Waals surface area contributed by atoms with Crippen LogP contribution in [-0.4, -0.2) is 23.9 Å². The summed E-state index contributed by atoms with van der Waals surface area (Å²) in [6, 6.07) is 12.3. The first-order valence-electron chi connectivity index (χ1n) is 8.65. The molecule has 5 rings (SSSR count). The summed E-state index contributed by atoms with van der Waals surface area (Å²) in [5, 5.41) is 12.7. The molecule has 2 aliphatic rings. The molecular weight excluding hydrogens is 314 g/mol. The smallest absolute Gasteiger partial charge is 0.125 e. The maximum atomic E-state index is 11.5. The van der Waals surface area contributed by atoms with Crippen molar-refractivity contribution in [3.63, 3.8) is 0 Å². The van der Waals surface area contributed by atoms with E-state index in [4.69, 9.17) is 9.47 Å². The predicted molar refractivity (Wildman–Crippen MR) is 96.5 cm³/mol. The number of fused-ring (bicyclic) bond motifs is 8. The molecule has 0 fully saturated rings. The van der Waals surface area contributed by atoms with Gasteiger partial charge in [-0.25, -0.2) is 0 Å². The minimum Gasteiger partial charge on any atom is -0.497 e. The Hall–Kier alpha value is -2.46. The van der Waals surface area contributed by atoms with Gasteiger partial charge in [0.25, 0.3) is 0 Å². The Kier molecular flexibility index (Phi) is 2.85. The maximum absolute atomic E-state index is 11.5. The molecule has 0 radical (unpaired) electrons. The zero-order chi connectivity index (χ0) is 17.3. The maximum Gasteiger partial charge on any atom is 0.125 e. The number of methoxy groups -OCH3 is 2. The lowest BCUT2D eigenvalue weighted by molar-refractivity contribution is -0.0240. The second-order valence-electron chi connectivity index (χ2n) is 7.08. The van der Waals surface area contributed by atoms with Gasteiger partial charge in [-0.15, -0.1) is 0 Å². The second kappa shape index (κ2) is 4.79. The van der Waals surface area contributed by atoms with Crippen LogP contribution in [0.4, 0.5) is 0 Å². The van der Waals surface area contributed by atoms with E-state index in [1.165, 1.54) is 27.7 Å². The molecule has 4 heteroatoms. The molecular formula is C21H21NO3. The van der Waals surface area contributed by atoms with E-state index in [1.807, 2.05) is 18.2 Å². The van der Waals surface area contributed by atoms with Crippen molar-refractivity contribution < 1.29 is 14.6 Å². The average molecular weight is 335 g/mol. The summed E-state index contributed by atoms with van der Waals surface area (Å²) in [4.78, 5) is 0. The molecule has 2 aromatic carbocycles. The lowest BCUT2D eigenvalue weighted by atomic mass is 9.56. The number of rotatable bonds is 2. The topological polar surface area (TPSA) is 43.6 Å². The third-order valence-electron chi connectivity index (χ3n) is 6.10. The number of hydrogen-bond acceptors (Lipinski definition) is 3. The molecule has 0 saturated carbocycles. The Morgan fingerprint density at radius 1 is 1.16 bits per heavy atom. The van der Waals surface area contributed by atoms with Gasteiger partial charge in [-0.1, -0.05) is 12.1 Å². The molecule has 0 amide bonds. The normalized spacial score (nSPS) is 23.4. The van der Waals surface area contributed by atoms with Crippen LogP contribution in [0.1, 0.15) is 34.7 Å². The summed E-state index contributed by atoms with van der Waals surface area (Å²) in [6.45, 7) is 0. The quantitative estimate of drug-likeness (QED) is 0.780. The number of hydrogen-bond donors (Lipinski definition) is 1. The van der Waals surface area contributed by atoms with Crippen molar-refractivity contribution in [1.29, 1.82) is 0 Å². The van der Waals surface area contributed by atoms with Crippen molar-refractivity contribution in [1.82, 2.24) is 4.57 Å². The van der Waals surface area contributed by atoms with Gasteiger partial charge in [-0.3, -0.25) is 0 Å². The largest absolute Gasteiger partial charge is 0.497 e. The fourth-order valence-electron chi connectivity index (χ4n) is 4.97. The lowest BCUT2D eigenvalue weighted by Crippen LogP contribution is -2.47. The standard InChI is InChI=1S/C21H21NO3/c1-22-15-8-7-12(24-2)11-14(15)18-16(22)9-10-21(23)19-13(20(18)21)5-4-6-17(19)25-3/h4-8,11,20,23H,9-10H2,1-3H3/t20-,21+/m0/s1. The first-order chi connectivity index (χ1) is 12.1. The van der Waals surface area contributed by atoms with Crippen molar-refractivity contribution in [2.24, 2.45) is 7.05 Å². The second-order valence-corrected chi connectivity index (χ2v) is 7.08. The number of aryl methyl sites for hydroxylation is 1. The summed E-state index contributed by atoms with van der Waals surface area (Å²) >= 11 is 0. The van der Waals surface area contributed by atoms with Crippen molar-refractivity contribution in [3.8, 4) is 11.5 Å². The van der Waals surface area contributed by atoms with Crippen molar-refractivity contribution in [3.05, 3.63) is 58.8 Å². The molecule has 0 aliphatic heterocycles. The molecule has 0 spiro atoms. The van der Waals surface area contributed by atoms with Gasteiger partial charge in [0.1, 0.15) is 17.1 Å². The molecule has 0 bridgehead atoms. The van der Waals surface area contributed by atoms with E-state index >= 15 is 0 Å². The van der Waals surface area contributed by atoms with E-state index < -0.39 is 5.60 Å². The Balaban J connectivity index is 1.82. The number of ether oxygens (including phenoxy) is 2. The van der Waals surface area contributed by atoms with Crippen LogP contribution in [0.2, 0.25) is 0 Å². The number of aromatic nitrogens is 1. The lowest BCUT2D eigenvalue weighted by Gasteiger charge is -2.51. The Bertz CT molecular complexity index is 1020. The molecule has 128 valence electrons. The van der Waals surface area contributed by atoms with Crippen molar-refractivity contribution >= 4 is 10.9 Å². The van der Waals surface area contributed by atoms with Crippen molar-refractivity contribution in [2.45, 2.75) is 24.4 Å². The zero-order valence-electron chi connectivity index (χ0n) is 14.7. The van der Waals surface area contributed by atoms with Gasteiger partial charge in [-0.05, 0) is 48.2 Å². The summed E-state index contributed by atoms with van der Waals surface area (Å²) in [7, 11) is 5.48. The molecule has 1 N–H and O–H groups in total. The minimum absolute atomic E-state index is 0.00263. The molecule has 1 heterocycles. The highest BCUT2D eigenvalue weighted by atomic mass is 16.5. The number of nitrogens with zero attached hydrogens (tertiary/aromatic N) is 1. The van der Waals surface area contributed by atoms with E-state index in [0.717, 1.165) is 29.9 Å². The molecule has 0 saturated heterocycles. The minimum atomic E-state index is -0.841. The van der Waals surface area contributed by atoms with Gasteiger partial charge in [-0.2, -0.15) is 0 Å². The van der Waals surface area contributed by atoms with E-state index in [1.54, 1.807) is 14.2 Å². The van der Waals surface area contributed by atoms with Gasteiger partial charge < -0.3 is 19.1 Å². The first kappa shape index (κ1) is 14.8. The van der Waals surface area contributed by atoms with Gasteiger partial charge in [0.15, 0.2) is 0 Å². The van der Waals surface area contributed by atoms with Crippen LogP contribution in [0, 0.1) is 0 Å². The third kappa shape index (κ3) is 1.65. The van der Waals surface area contributed by atoms with Gasteiger partial charge in [0.05, 0.1) is 14.2 Å². The van der Waals surface area contributed by atoms with E-state index in [9.17, 15) is 5.11 Å². The third-order valence-corrected chi connectivity index (χ3v) is 6.10. The highest BCUT2D eigenvalue weighted by Gasteiger charge is 2.56. The number of benzene rings is 2. The van der Waals surface area contributed by atoms with Gasteiger partial charge in [0.2, 0.25) is 0 Å². The van der Waals surface area contributed by atoms with E-state index in [0.29, 0.717) is 0 Å². The molecule has 2 atom stereocenters. The Morgan fingerprint density at radius 3 is 2.76 bits per heavy atom. The summed E-state index contributed by atoms with van der Waals surface area (Å²) in [5.41, 5.74) is 5.04. The van der Waals surface area contributed by atoms with E-state index in [2.05, 4.69) is 29.8 Å². The molecule has 4 nitrogen and oxygen atoms in total. The zero-order valence-corrected chi connectivity index (χ0v) is 14.7. The average Bonchev–Trinajstić information content (AvgIpc) is 2.91. The predicted octanol–water partition coefficient (Wildman–Crippen LogP) is 3.47. The summed E-state index contributed by atoms with van der Waals surface area (Å²) in [6.07, 6.45) is 1.58. The van der Waals surface area contributed by atoms with Crippen molar-refractivity contribution in [2.75, 3.05) is 14.2 Å². The molecule has 0 unspecified atom stereocenters. The van der Waals surface area contributed by atoms with E-state index in [-0.39, 0.29) is 5.92 Å². The monoisotopic (exact) mass is 335 g/mol. The molecule has 3 aromatic rings. The molecule has 2 aliphatic carbocycles. The first-order valence-corrected chi connectivity index (χ1v) is 8.65. The fraction of sp³-hybridized carbons (Fsp3) is 0.333. The Labute approximate surface area is 146 Å². The van der Waals surface area contributed by atoms with Crippen LogP contribution >= 0.6 is 0 Å². The van der Waals surface area contributed by atoms with Gasteiger partial charge >= 0.3 is 0 Å². The van der Waals surface area contributed by atoms with Crippen LogP contribution in [0.15, 0.2) is 36.4 Å². The molecule has 25 heavy (non-hydrogen) atoms. The summed E-state index contributed by atoms with van der Waals surface area (Å²) in [5.74, 6) is 1.63. The SMILES string of the molecule is COc1ccc2c(c1)c1c(n2C)CC[C@@]2(O)c3c(OC)cccc3[C@@H]12. The Morgan fingerprint density at radius 2 is 2.00 bits per heavy atom. The highest BCUT2D eigenvalue weighted by Crippen LogP contribution is 2.62. The van der Waals surface area contributed by atoms with Crippen LogP contribution in [0.3, 0.4) is 0 Å². The fourth-order valence-corrected chi connectivity index (χ4v) is 4.97. The summed E-state index contributed by atoms with van der Waals surface area (Å²) < 4.78 is 13.2.